The molecule has 0 saturated heterocycles. The van der Waals surface area contributed by atoms with Crippen molar-refractivity contribution in [3.63, 3.8) is 0 Å². The van der Waals surface area contributed by atoms with Gasteiger partial charge in [0.2, 0.25) is 0 Å². The quantitative estimate of drug-likeness (QED) is 0.837. The van der Waals surface area contributed by atoms with E-state index >= 15 is 0 Å². The summed E-state index contributed by atoms with van der Waals surface area (Å²) >= 11 is 5.77. The molecule has 98 valence electrons. The SMILES string of the molecule is CN(Cc1ccccc1F)C(=O)c1ccc(Cl)cc1. The number of nitrogens with zero attached hydrogens (tertiary/aromatic N) is 1. The van der Waals surface area contributed by atoms with Gasteiger partial charge < -0.3 is 4.90 Å². The highest BCUT2D eigenvalue weighted by molar-refractivity contribution is 6.30. The zero-order valence-corrected chi connectivity index (χ0v) is 11.2. The molecule has 0 unspecified atom stereocenters. The van der Waals surface area contributed by atoms with Crippen molar-refractivity contribution >= 4 is 17.5 Å². The average molecular weight is 278 g/mol. The summed E-state index contributed by atoms with van der Waals surface area (Å²) in [5.74, 6) is -0.474. The van der Waals surface area contributed by atoms with Crippen LogP contribution in [0.1, 0.15) is 15.9 Å². The first-order valence-corrected chi connectivity index (χ1v) is 6.20. The van der Waals surface area contributed by atoms with E-state index in [1.807, 2.05) is 0 Å². The molecule has 2 aromatic rings. The van der Waals surface area contributed by atoms with Crippen molar-refractivity contribution in [2.45, 2.75) is 6.54 Å². The van der Waals surface area contributed by atoms with Crippen molar-refractivity contribution in [1.82, 2.24) is 4.90 Å². The van der Waals surface area contributed by atoms with Gasteiger partial charge in [-0.25, -0.2) is 4.39 Å². The van der Waals surface area contributed by atoms with Gasteiger partial charge in [-0.15, -0.1) is 0 Å². The standard InChI is InChI=1S/C15H13ClFNO/c1-18(10-12-4-2-3-5-14(12)17)15(19)11-6-8-13(16)9-7-11/h2-9H,10H2,1H3. The predicted molar refractivity (Wildman–Crippen MR) is 73.6 cm³/mol. The molecule has 0 spiro atoms. The van der Waals surface area contributed by atoms with E-state index in [0.717, 1.165) is 0 Å². The topological polar surface area (TPSA) is 20.3 Å². The Morgan fingerprint density at radius 2 is 1.79 bits per heavy atom. The molecule has 2 nitrogen and oxygen atoms in total. The summed E-state index contributed by atoms with van der Waals surface area (Å²) in [5.41, 5.74) is 1.02. The van der Waals surface area contributed by atoms with Crippen LogP contribution in [0, 0.1) is 5.82 Å². The molecular weight excluding hydrogens is 265 g/mol. The molecule has 4 heteroatoms. The Kier molecular flexibility index (Phi) is 4.17. The summed E-state index contributed by atoms with van der Waals surface area (Å²) < 4.78 is 13.5. The lowest BCUT2D eigenvalue weighted by molar-refractivity contribution is 0.0784. The number of hydrogen-bond donors (Lipinski definition) is 0. The maximum absolute atomic E-state index is 13.5. The molecule has 0 aliphatic heterocycles. The van der Waals surface area contributed by atoms with Gasteiger partial charge in [0.15, 0.2) is 0 Å². The van der Waals surface area contributed by atoms with Gasteiger partial charge in [-0.3, -0.25) is 4.79 Å². The van der Waals surface area contributed by atoms with Crippen molar-refractivity contribution in [1.29, 1.82) is 0 Å². The van der Waals surface area contributed by atoms with Crippen LogP contribution in [0.5, 0.6) is 0 Å². The lowest BCUT2D eigenvalue weighted by atomic mass is 10.1. The lowest BCUT2D eigenvalue weighted by Gasteiger charge is -2.17. The fourth-order valence-corrected chi connectivity index (χ4v) is 1.89. The highest BCUT2D eigenvalue weighted by Crippen LogP contribution is 2.14. The fourth-order valence-electron chi connectivity index (χ4n) is 1.77. The zero-order chi connectivity index (χ0) is 13.8. The number of carbonyl (C=O) groups excluding carboxylic acids is 1. The Morgan fingerprint density at radius 3 is 2.42 bits per heavy atom. The second-order valence-electron chi connectivity index (χ2n) is 4.26. The highest BCUT2D eigenvalue weighted by atomic mass is 35.5. The molecule has 0 fully saturated rings. The molecule has 0 aliphatic rings. The number of amides is 1. The van der Waals surface area contributed by atoms with Gasteiger partial charge >= 0.3 is 0 Å². The highest BCUT2D eigenvalue weighted by Gasteiger charge is 2.13. The molecule has 0 aliphatic carbocycles. The van der Waals surface area contributed by atoms with Crippen LogP contribution in [0.4, 0.5) is 4.39 Å². The number of halogens is 2. The largest absolute Gasteiger partial charge is 0.337 e. The van der Waals surface area contributed by atoms with Gasteiger partial charge in [-0.05, 0) is 30.3 Å². The van der Waals surface area contributed by atoms with Crippen LogP contribution >= 0.6 is 11.6 Å². The van der Waals surface area contributed by atoms with Gasteiger partial charge in [0, 0.05) is 29.7 Å². The monoisotopic (exact) mass is 277 g/mol. The van der Waals surface area contributed by atoms with E-state index in [4.69, 9.17) is 11.6 Å². The third-order valence-corrected chi connectivity index (χ3v) is 3.06. The van der Waals surface area contributed by atoms with Crippen molar-refractivity contribution < 1.29 is 9.18 Å². The second-order valence-corrected chi connectivity index (χ2v) is 4.70. The Hall–Kier alpha value is -1.87. The summed E-state index contributed by atoms with van der Waals surface area (Å²) in [5, 5.41) is 0.577. The normalized spacial score (nSPS) is 10.3. The molecule has 2 rings (SSSR count). The minimum Gasteiger partial charge on any atom is -0.337 e. The van der Waals surface area contributed by atoms with E-state index < -0.39 is 0 Å². The summed E-state index contributed by atoms with van der Waals surface area (Å²) in [6.45, 7) is 0.230. The minimum absolute atomic E-state index is 0.167. The van der Waals surface area contributed by atoms with E-state index in [0.29, 0.717) is 16.1 Å². The van der Waals surface area contributed by atoms with Crippen molar-refractivity contribution in [3.05, 3.63) is 70.5 Å². The molecule has 0 atom stereocenters. The van der Waals surface area contributed by atoms with E-state index in [1.54, 1.807) is 49.5 Å². The molecule has 0 heterocycles. The van der Waals surface area contributed by atoms with Gasteiger partial charge in [-0.2, -0.15) is 0 Å². The Bertz CT molecular complexity index is 583. The summed E-state index contributed by atoms with van der Waals surface area (Å²) in [4.78, 5) is 13.6. The number of hydrogen-bond acceptors (Lipinski definition) is 1. The maximum Gasteiger partial charge on any atom is 0.253 e. The molecule has 0 N–H and O–H groups in total. The van der Waals surface area contributed by atoms with Gasteiger partial charge in [0.05, 0.1) is 0 Å². The van der Waals surface area contributed by atoms with Crippen LogP contribution in [0.15, 0.2) is 48.5 Å². The first-order chi connectivity index (χ1) is 9.08. The van der Waals surface area contributed by atoms with E-state index in [2.05, 4.69) is 0 Å². The molecule has 0 saturated carbocycles. The van der Waals surface area contributed by atoms with Gasteiger partial charge in [-0.1, -0.05) is 29.8 Å². The van der Waals surface area contributed by atoms with E-state index in [-0.39, 0.29) is 18.3 Å². The molecule has 0 aromatic heterocycles. The van der Waals surface area contributed by atoms with Crippen LogP contribution < -0.4 is 0 Å². The summed E-state index contributed by atoms with van der Waals surface area (Å²) in [6, 6.07) is 13.1. The van der Waals surface area contributed by atoms with Gasteiger partial charge in [0.25, 0.3) is 5.91 Å². The first-order valence-electron chi connectivity index (χ1n) is 5.82. The summed E-state index contributed by atoms with van der Waals surface area (Å²) in [6.07, 6.45) is 0. The van der Waals surface area contributed by atoms with Crippen LogP contribution in [0.25, 0.3) is 0 Å². The Labute approximate surface area is 116 Å². The second kappa shape index (κ2) is 5.85. The third-order valence-electron chi connectivity index (χ3n) is 2.80. The van der Waals surface area contributed by atoms with Crippen molar-refractivity contribution in [2.75, 3.05) is 7.05 Å². The zero-order valence-electron chi connectivity index (χ0n) is 10.4. The molecule has 1 amide bonds. The van der Waals surface area contributed by atoms with Crippen molar-refractivity contribution in [2.24, 2.45) is 0 Å². The maximum atomic E-state index is 13.5. The fraction of sp³-hybridized carbons (Fsp3) is 0.133. The number of carbonyl (C=O) groups is 1. The molecule has 0 bridgehead atoms. The third kappa shape index (κ3) is 3.32. The molecule has 19 heavy (non-hydrogen) atoms. The molecule has 0 radical (unpaired) electrons. The average Bonchev–Trinajstić information content (AvgIpc) is 2.41. The van der Waals surface area contributed by atoms with Gasteiger partial charge in [0.1, 0.15) is 5.82 Å². The van der Waals surface area contributed by atoms with Crippen LogP contribution in [0.2, 0.25) is 5.02 Å². The van der Waals surface area contributed by atoms with Crippen LogP contribution in [-0.4, -0.2) is 17.9 Å². The first kappa shape index (κ1) is 13.6. The smallest absolute Gasteiger partial charge is 0.253 e. The molecule has 2 aromatic carbocycles. The predicted octanol–water partition coefficient (Wildman–Crippen LogP) is 3.75. The van der Waals surface area contributed by atoms with Crippen LogP contribution in [-0.2, 0) is 6.54 Å². The minimum atomic E-state index is -0.307. The van der Waals surface area contributed by atoms with E-state index in [9.17, 15) is 9.18 Å². The lowest BCUT2D eigenvalue weighted by Crippen LogP contribution is -2.26. The number of rotatable bonds is 3. The van der Waals surface area contributed by atoms with Crippen molar-refractivity contribution in [3.8, 4) is 0 Å². The van der Waals surface area contributed by atoms with E-state index in [1.165, 1.54) is 11.0 Å². The number of benzene rings is 2. The Morgan fingerprint density at radius 1 is 1.16 bits per heavy atom. The Balaban J connectivity index is 2.12. The summed E-state index contributed by atoms with van der Waals surface area (Å²) in [7, 11) is 1.64. The van der Waals surface area contributed by atoms with Crippen LogP contribution in [0.3, 0.4) is 0 Å². The molecular formula is C15H13ClFNO.